The lowest BCUT2D eigenvalue weighted by Crippen LogP contribution is -2.11. The number of halogens is 1. The van der Waals surface area contributed by atoms with Gasteiger partial charge in [-0.25, -0.2) is 4.79 Å². The Labute approximate surface area is 133 Å². The zero-order chi connectivity index (χ0) is 14.8. The molecule has 1 saturated carbocycles. The zero-order valence-corrected chi connectivity index (χ0v) is 14.1. The molecule has 114 valence electrons. The zero-order valence-electron chi connectivity index (χ0n) is 12.5. The van der Waals surface area contributed by atoms with Crippen LogP contribution in [-0.2, 0) is 6.54 Å². The summed E-state index contributed by atoms with van der Waals surface area (Å²) in [4.78, 5) is 12.1. The van der Waals surface area contributed by atoms with Gasteiger partial charge in [-0.15, -0.1) is 0 Å². The first kappa shape index (κ1) is 14.9. The number of hydrogen-bond acceptors (Lipinski definition) is 2. The molecule has 1 unspecified atom stereocenters. The number of oxazole rings is 1. The Morgan fingerprint density at radius 2 is 2.10 bits per heavy atom. The Bertz CT molecular complexity index is 667. The summed E-state index contributed by atoms with van der Waals surface area (Å²) < 4.78 is 7.03. The maximum absolute atomic E-state index is 11.8. The predicted molar refractivity (Wildman–Crippen MR) is 89.0 cm³/mol. The molecule has 0 amide bonds. The van der Waals surface area contributed by atoms with Crippen molar-refractivity contribution in [2.75, 3.05) is 0 Å². The Hall–Kier alpha value is -1.03. The van der Waals surface area contributed by atoms with E-state index in [0.29, 0.717) is 17.0 Å². The van der Waals surface area contributed by atoms with Gasteiger partial charge in [-0.3, -0.25) is 4.57 Å². The average Bonchev–Trinajstić information content (AvgIpc) is 2.82. The van der Waals surface area contributed by atoms with Crippen LogP contribution in [-0.4, -0.2) is 4.57 Å². The molecule has 0 spiro atoms. The summed E-state index contributed by atoms with van der Waals surface area (Å²) in [7, 11) is 0. The van der Waals surface area contributed by atoms with Crippen molar-refractivity contribution in [3.63, 3.8) is 0 Å². The number of hydrogen-bond donors (Lipinski definition) is 0. The van der Waals surface area contributed by atoms with Gasteiger partial charge in [0.2, 0.25) is 0 Å². The van der Waals surface area contributed by atoms with Crippen LogP contribution in [0, 0.1) is 5.92 Å². The molecule has 1 aliphatic rings. The summed E-state index contributed by atoms with van der Waals surface area (Å²) in [6, 6.07) is 6.14. The van der Waals surface area contributed by atoms with Gasteiger partial charge in [0.1, 0.15) is 0 Å². The molecule has 1 aromatic carbocycles. The van der Waals surface area contributed by atoms with Crippen molar-refractivity contribution in [2.24, 2.45) is 5.92 Å². The number of rotatable bonds is 4. The minimum atomic E-state index is -0.261. The van der Waals surface area contributed by atoms with Crippen molar-refractivity contribution >= 4 is 27.0 Å². The molecular weight excluding hydrogens is 330 g/mol. The van der Waals surface area contributed by atoms with Gasteiger partial charge < -0.3 is 4.42 Å². The van der Waals surface area contributed by atoms with Gasteiger partial charge in [-0.1, -0.05) is 54.1 Å². The molecule has 0 bridgehead atoms. The Morgan fingerprint density at radius 3 is 2.81 bits per heavy atom. The molecule has 0 radical (unpaired) electrons. The van der Waals surface area contributed by atoms with E-state index in [-0.39, 0.29) is 5.76 Å². The summed E-state index contributed by atoms with van der Waals surface area (Å²) in [5.74, 6) is 0.564. The number of aromatic nitrogens is 1. The van der Waals surface area contributed by atoms with Gasteiger partial charge in [0.25, 0.3) is 0 Å². The molecule has 3 rings (SSSR count). The monoisotopic (exact) mass is 351 g/mol. The van der Waals surface area contributed by atoms with E-state index >= 15 is 0 Å². The second-order valence-corrected chi connectivity index (χ2v) is 7.15. The number of alkyl halides is 1. The predicted octanol–water partition coefficient (Wildman–Crippen LogP) is 5.02. The molecule has 0 N–H and O–H groups in total. The lowest BCUT2D eigenvalue weighted by atomic mass is 9.85. The molecule has 2 aromatic rings. The first-order chi connectivity index (χ1) is 10.2. The highest BCUT2D eigenvalue weighted by molar-refractivity contribution is 9.09. The second-order valence-electron chi connectivity index (χ2n) is 6.05. The minimum absolute atomic E-state index is 0.261. The van der Waals surface area contributed by atoms with Crippen molar-refractivity contribution in [2.45, 2.75) is 56.8 Å². The van der Waals surface area contributed by atoms with Gasteiger partial charge in [0.15, 0.2) is 5.58 Å². The first-order valence-electron chi connectivity index (χ1n) is 7.96. The van der Waals surface area contributed by atoms with Gasteiger partial charge in [-0.2, -0.15) is 0 Å². The maximum atomic E-state index is 11.8. The molecule has 1 aliphatic carbocycles. The van der Waals surface area contributed by atoms with Crippen molar-refractivity contribution in [1.82, 2.24) is 4.57 Å². The normalized spacial score (nSPS) is 18.2. The van der Waals surface area contributed by atoms with E-state index in [1.807, 2.05) is 19.1 Å². The summed E-state index contributed by atoms with van der Waals surface area (Å²) in [6.45, 7) is 2.60. The lowest BCUT2D eigenvalue weighted by molar-refractivity contribution is 0.338. The van der Waals surface area contributed by atoms with Crippen LogP contribution in [0.1, 0.15) is 55.8 Å². The molecule has 1 aromatic heterocycles. The standard InChI is InChI=1S/C17H22BrNO2/c1-2-19-15-9-8-13(11-16(15)21-17(19)20)14(18)10-12-6-4-3-5-7-12/h8-9,11-12,14H,2-7,10H2,1H3. The average molecular weight is 352 g/mol. The molecule has 4 heteroatoms. The van der Waals surface area contributed by atoms with Gasteiger partial charge in [0, 0.05) is 11.4 Å². The van der Waals surface area contributed by atoms with Crippen LogP contribution >= 0.6 is 15.9 Å². The fourth-order valence-corrected chi connectivity index (χ4v) is 4.24. The summed E-state index contributed by atoms with van der Waals surface area (Å²) in [6.07, 6.45) is 8.02. The maximum Gasteiger partial charge on any atom is 0.419 e. The highest BCUT2D eigenvalue weighted by atomic mass is 79.9. The number of fused-ring (bicyclic) bond motifs is 1. The van der Waals surface area contributed by atoms with Crippen LogP contribution in [0.25, 0.3) is 11.1 Å². The van der Waals surface area contributed by atoms with E-state index in [4.69, 9.17) is 4.42 Å². The van der Waals surface area contributed by atoms with Crippen LogP contribution in [0.15, 0.2) is 27.4 Å². The Morgan fingerprint density at radius 1 is 1.33 bits per heavy atom. The molecule has 1 heterocycles. The first-order valence-corrected chi connectivity index (χ1v) is 8.88. The van der Waals surface area contributed by atoms with Gasteiger partial charge in [-0.05, 0) is 37.0 Å². The topological polar surface area (TPSA) is 35.1 Å². The highest BCUT2D eigenvalue weighted by Gasteiger charge is 2.19. The van der Waals surface area contributed by atoms with Crippen molar-refractivity contribution in [3.8, 4) is 0 Å². The molecule has 1 fully saturated rings. The summed E-state index contributed by atoms with van der Waals surface area (Å²) in [5, 5.41) is 0. The highest BCUT2D eigenvalue weighted by Crippen LogP contribution is 2.37. The van der Waals surface area contributed by atoms with E-state index in [9.17, 15) is 4.79 Å². The third kappa shape index (κ3) is 3.10. The van der Waals surface area contributed by atoms with Gasteiger partial charge in [0.05, 0.1) is 5.52 Å². The number of aryl methyl sites for hydroxylation is 1. The largest absolute Gasteiger partial charge is 0.419 e. The van der Waals surface area contributed by atoms with Crippen LogP contribution in [0.5, 0.6) is 0 Å². The lowest BCUT2D eigenvalue weighted by Gasteiger charge is -2.24. The van der Waals surface area contributed by atoms with Crippen molar-refractivity contribution in [3.05, 3.63) is 34.3 Å². The fourth-order valence-electron chi connectivity index (χ4n) is 3.43. The SMILES string of the molecule is CCn1c(=O)oc2cc(C(Br)CC3CCCCC3)ccc21. The van der Waals surface area contributed by atoms with E-state index in [2.05, 4.69) is 22.0 Å². The summed E-state index contributed by atoms with van der Waals surface area (Å²) in [5.41, 5.74) is 2.81. The second kappa shape index (κ2) is 6.39. The van der Waals surface area contributed by atoms with Crippen LogP contribution in [0.2, 0.25) is 0 Å². The van der Waals surface area contributed by atoms with Crippen molar-refractivity contribution in [1.29, 1.82) is 0 Å². The molecule has 0 aliphatic heterocycles. The molecule has 21 heavy (non-hydrogen) atoms. The van der Waals surface area contributed by atoms with Crippen LogP contribution in [0.3, 0.4) is 0 Å². The molecule has 0 saturated heterocycles. The van der Waals surface area contributed by atoms with E-state index in [1.165, 1.54) is 44.1 Å². The molecule has 3 nitrogen and oxygen atoms in total. The fraction of sp³-hybridized carbons (Fsp3) is 0.588. The van der Waals surface area contributed by atoms with E-state index in [1.54, 1.807) is 4.57 Å². The minimum Gasteiger partial charge on any atom is -0.408 e. The Balaban J connectivity index is 1.81. The third-order valence-corrected chi connectivity index (χ3v) is 5.54. The Kier molecular flexibility index (Phi) is 4.53. The number of benzene rings is 1. The van der Waals surface area contributed by atoms with Crippen LogP contribution in [0.4, 0.5) is 0 Å². The molecule has 1 atom stereocenters. The van der Waals surface area contributed by atoms with Crippen LogP contribution < -0.4 is 5.76 Å². The smallest absolute Gasteiger partial charge is 0.408 e. The van der Waals surface area contributed by atoms with Crippen molar-refractivity contribution < 1.29 is 4.42 Å². The number of nitrogens with zero attached hydrogens (tertiary/aromatic N) is 1. The van der Waals surface area contributed by atoms with E-state index < -0.39 is 0 Å². The van der Waals surface area contributed by atoms with Gasteiger partial charge >= 0.3 is 5.76 Å². The third-order valence-electron chi connectivity index (χ3n) is 4.64. The molecular formula is C17H22BrNO2. The quantitative estimate of drug-likeness (QED) is 0.724. The summed E-state index contributed by atoms with van der Waals surface area (Å²) >= 11 is 3.82. The van der Waals surface area contributed by atoms with E-state index in [0.717, 1.165) is 11.4 Å².